The maximum absolute atomic E-state index is 15.8. The number of carbonyl (C=O) groups is 12. The summed E-state index contributed by atoms with van der Waals surface area (Å²) in [6, 6.07) is 26.4. The molecule has 0 radical (unpaired) electrons. The van der Waals surface area contributed by atoms with Crippen molar-refractivity contribution in [1.82, 2.24) is 102 Å². The molecule has 10 amide bonds. The minimum atomic E-state index is -4.64. The Morgan fingerprint density at radius 2 is 0.897 bits per heavy atom. The fourth-order valence-electron chi connectivity index (χ4n) is 15.6. The monoisotopic (exact) mass is 1880 g/mol. The van der Waals surface area contributed by atoms with Gasteiger partial charge in [0.25, 0.3) is 0 Å². The molecule has 3 aromatic heterocycles. The van der Waals surface area contributed by atoms with Gasteiger partial charge in [-0.3, -0.25) is 53.0 Å². The van der Waals surface area contributed by atoms with Gasteiger partial charge in [0.05, 0.1) is 30.5 Å². The predicted molar refractivity (Wildman–Crippen MR) is 491 cm³/mol. The van der Waals surface area contributed by atoms with Crippen molar-refractivity contribution in [3.8, 4) is 11.5 Å². The molecule has 0 spiro atoms. The molecule has 6 aromatic carbocycles. The Labute approximate surface area is 785 Å². The van der Waals surface area contributed by atoms with Crippen molar-refractivity contribution >= 4 is 93.2 Å². The van der Waals surface area contributed by atoms with Crippen LogP contribution in [0, 0.1) is 10.8 Å². The van der Waals surface area contributed by atoms with Crippen LogP contribution < -0.4 is 41.4 Å². The molecule has 9 aromatic rings. The van der Waals surface area contributed by atoms with E-state index in [2.05, 4.69) is 73.1 Å². The van der Waals surface area contributed by atoms with E-state index in [1.165, 1.54) is 47.1 Å². The molecule has 0 aliphatic carbocycles. The number of likely N-dealkylation sites (tertiary alicyclic amines) is 2. The molecule has 15 rings (SSSR count). The third-order valence-corrected chi connectivity index (χ3v) is 23.1. The van der Waals surface area contributed by atoms with Gasteiger partial charge in [-0.25, -0.2) is 28.8 Å². The zero-order chi connectivity index (χ0) is 99.4. The van der Waals surface area contributed by atoms with E-state index in [0.29, 0.717) is 45.1 Å². The number of alkyl halides is 3. The summed E-state index contributed by atoms with van der Waals surface area (Å²) >= 11 is 0. The number of likely N-dealkylation sites (N-methyl/N-ethyl adjacent to an activating group) is 2. The first-order chi connectivity index (χ1) is 63.7. The smallest absolute Gasteiger partial charge is 0.446 e. The second-order valence-electron chi connectivity index (χ2n) is 39.6. The van der Waals surface area contributed by atoms with Gasteiger partial charge in [-0.15, -0.1) is 15.3 Å². The summed E-state index contributed by atoms with van der Waals surface area (Å²) in [5, 5.41) is 54.3. The topological polar surface area (TPSA) is 452 Å². The fourth-order valence-corrected chi connectivity index (χ4v) is 15.6. The van der Waals surface area contributed by atoms with Crippen molar-refractivity contribution in [2.75, 3.05) is 27.2 Å². The number of esters is 1. The highest BCUT2D eigenvalue weighted by Gasteiger charge is 2.50. The van der Waals surface area contributed by atoms with E-state index >= 15 is 28.8 Å². The van der Waals surface area contributed by atoms with Crippen molar-refractivity contribution in [3.05, 3.63) is 185 Å². The number of fused-ring (bicyclic) bond motifs is 2. The first-order valence-corrected chi connectivity index (χ1v) is 44.8. The highest BCUT2D eigenvalue weighted by atomic mass is 19.4. The standard InChI is InChI=1S/C94H120N20O16.C2HF3O/c1-54(109(18)88(124)129-93(12,13)14)79(115)99-76(90(3,4)5)85(121)111-50-66-46-74(111)83(119)96-71(44-58-28-34-60-24-20-22-26-62(60)40-58)81(117)95-70(78-103-105-106-104-78)42-56-30-36-68(37-31-56)126-52-64-48-114(107-101-64)67-47-75(112(51-67)86(122)77(91(6,7)8)100-80(116)55(2)110(19)89(125)130-94(15,16)17)84(120)97-72(45-59-29-35-61-25-21-23-27-63(61)41-59)82(118)98-73(87(123)128-92(9,10)11)43-57-32-38-69(39-33-57)127-53-65-49-113(66)108-102-65;3-2(4,5)1-6/h20-41,48-49,54-55,66-67,70-77H,42-47,50-53H2,1-19H3,(H,95,117)(H,96,119)(H,97,120)(H,98,118)(H,99,115)(H,100,116)(H,103,104,105,106);1H/t54-,55-,66-,67-,70-,71-,72-,73-,74-,75-,76+,77+;/m0./s1. The number of aromatic nitrogens is 10. The second-order valence-corrected chi connectivity index (χ2v) is 39.6. The SMILES string of the molecule is C[C@@H](C(=O)N[C@H](C(=O)N1C[C@@H]2C[C@H]1C(=O)N[C@@H](Cc1ccc3ccccc3c1)C(=O)N[C@H](C(=O)OC(C)(C)C)Cc1ccc(cc1)OCc1cn(nn1)[C@H]1C[C@@H](C(=O)N[C@@H](Cc3ccc4ccccc4c3)C(=O)N[C@H](c3nnn[nH]3)Cc3ccc(cc3)OCc3cn2nn3)N(C(=O)[C@@H](NC(=O)[C@H](C)N(C)C(=O)OC(C)(C)C)C(C)(C)C)C1)C(C)(C)C)N(C)C(=O)OC(C)(C)C.O=CC(F)(F)F. The van der Waals surface area contributed by atoms with Gasteiger partial charge in [0.1, 0.15) is 107 Å². The average molecular weight is 1880 g/mol. The molecule has 6 aliphatic rings. The van der Waals surface area contributed by atoms with Crippen LogP contribution in [0.2, 0.25) is 0 Å². The molecule has 12 bridgehead atoms. The van der Waals surface area contributed by atoms with Crippen LogP contribution in [0.1, 0.15) is 188 Å². The second kappa shape index (κ2) is 42.7. The zero-order valence-electron chi connectivity index (χ0n) is 79.8. The lowest BCUT2D eigenvalue weighted by molar-refractivity contribution is -0.158. The highest BCUT2D eigenvalue weighted by Crippen LogP contribution is 2.36. The number of hydrogen-bond donors (Lipinski definition) is 7. The third kappa shape index (κ3) is 27.9. The normalized spacial score (nSPS) is 20.0. The lowest BCUT2D eigenvalue weighted by Gasteiger charge is -2.37. The van der Waals surface area contributed by atoms with Crippen LogP contribution in [0.15, 0.2) is 146 Å². The molecule has 136 heavy (non-hydrogen) atoms. The van der Waals surface area contributed by atoms with Gasteiger partial charge in [-0.2, -0.15) is 13.2 Å². The molecule has 2 saturated heterocycles. The summed E-state index contributed by atoms with van der Waals surface area (Å²) in [6.07, 6.45) is -4.28. The number of rotatable bonds is 14. The van der Waals surface area contributed by atoms with Crippen LogP contribution in [-0.2, 0) is 101 Å². The Morgan fingerprint density at radius 1 is 0.507 bits per heavy atom. The van der Waals surface area contributed by atoms with Crippen LogP contribution in [0.5, 0.6) is 11.5 Å². The number of tetrazole rings is 1. The van der Waals surface area contributed by atoms with Crippen molar-refractivity contribution in [2.24, 2.45) is 10.8 Å². The molecule has 12 atom stereocenters. The van der Waals surface area contributed by atoms with E-state index < -0.39 is 178 Å². The lowest BCUT2D eigenvalue weighted by atomic mass is 9.85. The molecule has 0 unspecified atom stereocenters. The summed E-state index contributed by atoms with van der Waals surface area (Å²) in [5.41, 5.74) is -1.59. The molecule has 7 N–H and O–H groups in total. The van der Waals surface area contributed by atoms with Crippen LogP contribution in [0.3, 0.4) is 0 Å². The number of amides is 10. The highest BCUT2D eigenvalue weighted by molar-refractivity contribution is 5.99. The van der Waals surface area contributed by atoms with E-state index in [9.17, 15) is 37.1 Å². The number of benzene rings is 6. The molecular formula is C96H121F3N20O17. The fraction of sp³-hybridized carbons (Fsp3) is 0.490. The number of ether oxygens (including phenoxy) is 5. The summed E-state index contributed by atoms with van der Waals surface area (Å²) in [5.74, 6) is -5.36. The van der Waals surface area contributed by atoms with Crippen molar-refractivity contribution in [2.45, 2.75) is 265 Å². The quantitative estimate of drug-likeness (QED) is 0.0302. The number of aromatic amines is 1. The van der Waals surface area contributed by atoms with Crippen molar-refractivity contribution < 1.29 is 94.4 Å². The molecule has 2 fully saturated rings. The largest absolute Gasteiger partial charge is 0.487 e. The van der Waals surface area contributed by atoms with E-state index in [0.717, 1.165) is 31.3 Å². The molecular weight excluding hydrogens is 1760 g/mol. The van der Waals surface area contributed by atoms with E-state index in [-0.39, 0.29) is 70.7 Å². The minimum Gasteiger partial charge on any atom is -0.487 e. The van der Waals surface area contributed by atoms with Gasteiger partial charge in [0.15, 0.2) is 5.82 Å². The van der Waals surface area contributed by atoms with Gasteiger partial charge in [-0.05, 0) is 165 Å². The maximum Gasteiger partial charge on any atom is 0.446 e. The third-order valence-electron chi connectivity index (χ3n) is 23.1. The summed E-state index contributed by atoms with van der Waals surface area (Å²) in [6.45, 7) is 28.3. The Hall–Kier alpha value is -14.0. The molecule has 0 saturated carbocycles. The zero-order valence-corrected chi connectivity index (χ0v) is 79.8. The van der Waals surface area contributed by atoms with Crippen LogP contribution in [0.4, 0.5) is 22.8 Å². The molecule has 728 valence electrons. The summed E-state index contributed by atoms with van der Waals surface area (Å²) in [7, 11) is 2.83. The van der Waals surface area contributed by atoms with Crippen LogP contribution in [-0.4, -0.2) is 246 Å². The number of halogens is 3. The molecule has 9 heterocycles. The van der Waals surface area contributed by atoms with Gasteiger partial charge in [0.2, 0.25) is 53.5 Å². The predicted octanol–water partition coefficient (Wildman–Crippen LogP) is 9.39. The summed E-state index contributed by atoms with van der Waals surface area (Å²) < 4.78 is 64.1. The van der Waals surface area contributed by atoms with Crippen LogP contribution >= 0.6 is 0 Å². The van der Waals surface area contributed by atoms with Gasteiger partial charge in [-0.1, -0.05) is 161 Å². The van der Waals surface area contributed by atoms with Crippen LogP contribution in [0.25, 0.3) is 21.5 Å². The molecule has 37 nitrogen and oxygen atoms in total. The Kier molecular flexibility index (Phi) is 32.2. The number of hydrogen-bond acceptors (Lipinski definition) is 24. The number of aldehydes is 1. The number of nitrogens with one attached hydrogen (secondary N) is 7. The molecule has 6 aliphatic heterocycles. The van der Waals surface area contributed by atoms with E-state index in [4.69, 9.17) is 28.5 Å². The number of H-pyrrole nitrogens is 1. The van der Waals surface area contributed by atoms with E-state index in [1.54, 1.807) is 165 Å². The van der Waals surface area contributed by atoms with Crippen molar-refractivity contribution in [1.29, 1.82) is 0 Å². The summed E-state index contributed by atoms with van der Waals surface area (Å²) in [4.78, 5) is 178. The first-order valence-electron chi connectivity index (χ1n) is 44.8. The van der Waals surface area contributed by atoms with E-state index in [1.807, 2.05) is 84.9 Å². The van der Waals surface area contributed by atoms with Gasteiger partial charge < -0.3 is 65.4 Å². The Bertz CT molecular complexity index is 5780. The first kappa shape index (κ1) is 103. The lowest BCUT2D eigenvalue weighted by Crippen LogP contribution is -2.61. The van der Waals surface area contributed by atoms with Gasteiger partial charge in [0, 0.05) is 65.7 Å². The minimum absolute atomic E-state index is 0.0421. The number of carbonyl (C=O) groups excluding carboxylic acids is 12. The maximum atomic E-state index is 15.8. The van der Waals surface area contributed by atoms with Gasteiger partial charge >= 0.3 is 24.3 Å². The Morgan fingerprint density at radius 3 is 1.27 bits per heavy atom. The number of nitrogens with zero attached hydrogens (tertiary/aromatic N) is 13. The Balaban J connectivity index is 0.00000286. The average Bonchev–Trinajstić information content (AvgIpc) is 1.64. The molecule has 40 heteroatoms. The van der Waals surface area contributed by atoms with Crippen molar-refractivity contribution in [3.63, 3.8) is 0 Å².